The van der Waals surface area contributed by atoms with E-state index in [0.29, 0.717) is 5.56 Å². The van der Waals surface area contributed by atoms with E-state index in [0.717, 1.165) is 6.92 Å². The van der Waals surface area contributed by atoms with Crippen molar-refractivity contribution in [2.24, 2.45) is 17.6 Å². The maximum atomic E-state index is 13.7. The molecule has 28 nitrogen and oxygen atoms in total. The molecule has 72 heavy (non-hydrogen) atoms. The van der Waals surface area contributed by atoms with Gasteiger partial charge in [-0.15, -0.1) is 0 Å². The van der Waals surface area contributed by atoms with E-state index in [4.69, 9.17) is 5.73 Å². The van der Waals surface area contributed by atoms with Crippen molar-refractivity contribution < 1.29 is 93.3 Å². The molecule has 0 aliphatic rings. The molecule has 0 aliphatic carbocycles. The number of aliphatic hydroxyl groups excluding tert-OH is 2. The number of carbonyl (C=O) groups is 12. The van der Waals surface area contributed by atoms with E-state index in [1.807, 2.05) is 0 Å². The van der Waals surface area contributed by atoms with Gasteiger partial charge in [-0.25, -0.2) is 4.79 Å². The van der Waals surface area contributed by atoms with Gasteiger partial charge >= 0.3 is 23.9 Å². The molecule has 1 aromatic carbocycles. The molecule has 0 saturated heterocycles. The fraction of sp³-hybridized carbons (Fsp3) is 0.591. The minimum Gasteiger partial charge on any atom is -0.508 e. The van der Waals surface area contributed by atoms with Crippen molar-refractivity contribution in [3.8, 4) is 5.75 Å². The van der Waals surface area contributed by atoms with E-state index in [-0.39, 0.29) is 30.4 Å². The molecule has 1 aromatic rings. The number of nitrogens with two attached hydrogens (primary N) is 1. The van der Waals surface area contributed by atoms with Crippen LogP contribution < -0.4 is 48.3 Å². The lowest BCUT2D eigenvalue weighted by atomic mass is 10.0. The molecule has 1 rings (SSSR count). The molecule has 0 unspecified atom stereocenters. The van der Waals surface area contributed by atoms with E-state index in [1.165, 1.54) is 24.3 Å². The van der Waals surface area contributed by atoms with E-state index >= 15 is 0 Å². The Balaban J connectivity index is 3.30. The summed E-state index contributed by atoms with van der Waals surface area (Å²) in [5, 5.41) is 85.1. The Morgan fingerprint density at radius 2 is 0.792 bits per heavy atom. The van der Waals surface area contributed by atoms with Crippen LogP contribution in [0.25, 0.3) is 0 Å². The molecule has 17 N–H and O–H groups in total. The maximum Gasteiger partial charge on any atom is 0.326 e. The average molecular weight is 1030 g/mol. The second-order valence-corrected chi connectivity index (χ2v) is 17.4. The van der Waals surface area contributed by atoms with Crippen LogP contribution in [0.3, 0.4) is 0 Å². The number of hydrogen-bond donors (Lipinski definition) is 16. The third-order valence-electron chi connectivity index (χ3n) is 10.6. The number of aliphatic carboxylic acids is 4. The number of carboxylic acids is 4. The molecule has 402 valence electrons. The lowest BCUT2D eigenvalue weighted by Crippen LogP contribution is -2.61. The first-order valence-electron chi connectivity index (χ1n) is 22.7. The largest absolute Gasteiger partial charge is 0.508 e. The summed E-state index contributed by atoms with van der Waals surface area (Å²) >= 11 is 0. The number of rotatable bonds is 33. The summed E-state index contributed by atoms with van der Waals surface area (Å²) in [5.41, 5.74) is 6.39. The molecule has 9 atom stereocenters. The maximum absolute atomic E-state index is 13.7. The molecular weight excluding hydrogens is 959 g/mol. The fourth-order valence-electron chi connectivity index (χ4n) is 6.38. The smallest absolute Gasteiger partial charge is 0.326 e. The molecule has 0 fully saturated rings. The SMILES string of the molecule is CC(C)C[C@H](NC(=O)[C@H](CCC(=O)O)NC(=O)[C@H](C)NC(=O)[C@H](CCC(=O)O)NC(=O)[C@H](CCC(=O)O)NC(=O)[C@H](CO)NC(=O)[C@H](CO)NC(=O)[C@H](Cc1ccc(O)cc1)NC(=O)[C@@H](N)C(C)C)C(=O)O. The van der Waals surface area contributed by atoms with Crippen molar-refractivity contribution in [1.82, 2.24) is 42.5 Å². The van der Waals surface area contributed by atoms with Gasteiger partial charge in [0, 0.05) is 25.7 Å². The minimum absolute atomic E-state index is 0.0208. The third kappa shape index (κ3) is 23.0. The number of phenolic OH excluding ortho intramolecular Hbond substituents is 1. The second kappa shape index (κ2) is 31.0. The normalized spacial score (nSPS) is 14.8. The van der Waals surface area contributed by atoms with Gasteiger partial charge in [0.05, 0.1) is 19.3 Å². The number of phenols is 1. The van der Waals surface area contributed by atoms with Crippen LogP contribution in [0.5, 0.6) is 5.75 Å². The van der Waals surface area contributed by atoms with Crippen molar-refractivity contribution in [3.63, 3.8) is 0 Å². The second-order valence-electron chi connectivity index (χ2n) is 17.4. The standard InChI is InChI=1S/C44H67N9O19/c1-20(2)16-29(44(71)72)51-39(66)26(11-14-33(59)60)47-36(63)22(5)46-37(64)25(10-13-32(57)58)48-38(65)27(12-15-34(61)62)49-41(68)30(18-54)53-42(69)31(19-55)52-40(67)28(50-43(70)35(45)21(3)4)17-23-6-8-24(56)9-7-23/h6-9,20-22,25-31,35,54-56H,10-19,45H2,1-5H3,(H,46,64)(H,47,63)(H,48,65)(H,49,68)(H,50,70)(H,51,66)(H,52,67)(H,53,69)(H,57,58)(H,59,60)(H,61,62)(H,71,72)/t22-,25-,26-,27-,28-,29-,30-,31-,35-/m0/s1. The highest BCUT2D eigenvalue weighted by molar-refractivity contribution is 5.98. The molecule has 8 amide bonds. The summed E-state index contributed by atoms with van der Waals surface area (Å²) in [6, 6.07) is -9.05. The van der Waals surface area contributed by atoms with Crippen molar-refractivity contribution in [1.29, 1.82) is 0 Å². The van der Waals surface area contributed by atoms with Crippen molar-refractivity contribution in [3.05, 3.63) is 29.8 Å². The quantitative estimate of drug-likeness (QED) is 0.0316. The highest BCUT2D eigenvalue weighted by Gasteiger charge is 2.35. The predicted octanol–water partition coefficient (Wildman–Crippen LogP) is -4.47. The van der Waals surface area contributed by atoms with Crippen LogP contribution in [0.4, 0.5) is 0 Å². The van der Waals surface area contributed by atoms with Gasteiger partial charge in [0.15, 0.2) is 0 Å². The van der Waals surface area contributed by atoms with Gasteiger partial charge in [-0.2, -0.15) is 0 Å². The summed E-state index contributed by atoms with van der Waals surface area (Å²) < 4.78 is 0. The van der Waals surface area contributed by atoms with Crippen LogP contribution in [0.1, 0.15) is 85.1 Å². The summed E-state index contributed by atoms with van der Waals surface area (Å²) in [6.45, 7) is 5.48. The Morgan fingerprint density at radius 1 is 0.458 bits per heavy atom. The zero-order valence-corrected chi connectivity index (χ0v) is 40.3. The van der Waals surface area contributed by atoms with Gasteiger partial charge in [-0.3, -0.25) is 52.7 Å². The molecule has 0 bridgehead atoms. The number of aromatic hydroxyl groups is 1. The van der Waals surface area contributed by atoms with E-state index < -0.39 is 177 Å². The number of nitrogens with one attached hydrogen (secondary N) is 8. The van der Waals surface area contributed by atoms with Crippen LogP contribution in [-0.2, 0) is 64.0 Å². The van der Waals surface area contributed by atoms with Crippen molar-refractivity contribution >= 4 is 71.1 Å². The lowest BCUT2D eigenvalue weighted by molar-refractivity contribution is -0.143. The number of amides is 8. The van der Waals surface area contributed by atoms with Gasteiger partial charge in [0.25, 0.3) is 0 Å². The number of carboxylic acid groups (broad SMARTS) is 4. The van der Waals surface area contributed by atoms with Crippen LogP contribution in [-0.4, -0.2) is 174 Å². The average Bonchev–Trinajstić information content (AvgIpc) is 3.30. The lowest BCUT2D eigenvalue weighted by Gasteiger charge is -2.27. The fourth-order valence-corrected chi connectivity index (χ4v) is 6.38. The van der Waals surface area contributed by atoms with E-state index in [9.17, 15) is 93.3 Å². The zero-order chi connectivity index (χ0) is 55.0. The number of carbonyl (C=O) groups excluding carboxylic acids is 8. The predicted molar refractivity (Wildman–Crippen MR) is 248 cm³/mol. The molecular formula is C44H67N9O19. The number of aliphatic hydroxyl groups is 2. The number of hydrogen-bond acceptors (Lipinski definition) is 16. The van der Waals surface area contributed by atoms with Gasteiger partial charge in [0.2, 0.25) is 47.3 Å². The summed E-state index contributed by atoms with van der Waals surface area (Å²) in [4.78, 5) is 153. The van der Waals surface area contributed by atoms with Crippen LogP contribution in [0.2, 0.25) is 0 Å². The van der Waals surface area contributed by atoms with E-state index in [2.05, 4.69) is 42.5 Å². The molecule has 0 spiro atoms. The van der Waals surface area contributed by atoms with Gasteiger partial charge in [-0.05, 0) is 62.1 Å². The Bertz CT molecular complexity index is 2090. The monoisotopic (exact) mass is 1030 g/mol. The summed E-state index contributed by atoms with van der Waals surface area (Å²) in [6.07, 6.45) is -4.32. The Kier molecular flexibility index (Phi) is 26.9. The van der Waals surface area contributed by atoms with E-state index in [1.54, 1.807) is 27.7 Å². The topological polar surface area (TPSA) is 469 Å². The Morgan fingerprint density at radius 3 is 1.15 bits per heavy atom. The zero-order valence-electron chi connectivity index (χ0n) is 40.3. The van der Waals surface area contributed by atoms with Gasteiger partial charge in [-0.1, -0.05) is 39.8 Å². The molecule has 0 aliphatic heterocycles. The van der Waals surface area contributed by atoms with Crippen LogP contribution >= 0.6 is 0 Å². The third-order valence-corrected chi connectivity index (χ3v) is 10.6. The molecule has 0 aromatic heterocycles. The molecule has 0 saturated carbocycles. The Hall–Kier alpha value is -7.46. The first-order valence-corrected chi connectivity index (χ1v) is 22.7. The number of benzene rings is 1. The first kappa shape index (κ1) is 62.6. The van der Waals surface area contributed by atoms with Crippen LogP contribution in [0.15, 0.2) is 24.3 Å². The minimum atomic E-state index is -1.96. The highest BCUT2D eigenvalue weighted by Crippen LogP contribution is 2.13. The molecule has 0 heterocycles. The summed E-state index contributed by atoms with van der Waals surface area (Å²) in [7, 11) is 0. The van der Waals surface area contributed by atoms with Gasteiger partial charge in [0.1, 0.15) is 54.1 Å². The first-order chi connectivity index (χ1) is 33.6. The van der Waals surface area contributed by atoms with Crippen molar-refractivity contribution in [2.45, 2.75) is 140 Å². The summed E-state index contributed by atoms with van der Waals surface area (Å²) in [5.74, 6) is -15.4. The molecule has 28 heteroatoms. The molecule has 0 radical (unpaired) electrons. The highest BCUT2D eigenvalue weighted by atomic mass is 16.4. The Labute approximate surface area is 413 Å². The van der Waals surface area contributed by atoms with Gasteiger partial charge < -0.3 is 84.0 Å². The van der Waals surface area contributed by atoms with Crippen molar-refractivity contribution in [2.75, 3.05) is 13.2 Å². The van der Waals surface area contributed by atoms with Crippen LogP contribution in [0, 0.1) is 11.8 Å².